The monoisotopic (exact) mass is 261 g/mol. The second-order valence-corrected chi connectivity index (χ2v) is 5.92. The van der Waals surface area contributed by atoms with E-state index in [0.29, 0.717) is 6.42 Å². The molecule has 2 atom stereocenters. The number of allylic oxidation sites excluding steroid dienone is 1. The molecule has 96 valence electrons. The second-order valence-electron chi connectivity index (χ2n) is 3.99. The van der Waals surface area contributed by atoms with Crippen LogP contribution in [0.2, 0.25) is 0 Å². The summed E-state index contributed by atoms with van der Waals surface area (Å²) < 4.78 is 22.2. The Bertz CT molecular complexity index is 440. The van der Waals surface area contributed by atoms with Gasteiger partial charge >= 0.3 is 5.97 Å². The van der Waals surface area contributed by atoms with E-state index in [1.165, 1.54) is 6.08 Å². The molecule has 7 heteroatoms. The van der Waals surface area contributed by atoms with Crippen molar-refractivity contribution < 1.29 is 23.1 Å². The zero-order valence-corrected chi connectivity index (χ0v) is 10.2. The normalized spacial score (nSPS) is 23.2. The lowest BCUT2D eigenvalue weighted by Gasteiger charge is -2.13. The van der Waals surface area contributed by atoms with Crippen LogP contribution in [0.25, 0.3) is 0 Å². The van der Waals surface area contributed by atoms with Gasteiger partial charge in [-0.05, 0) is 6.42 Å². The minimum absolute atomic E-state index is 0.000486. The summed E-state index contributed by atoms with van der Waals surface area (Å²) in [6, 6.07) is -0.913. The Morgan fingerprint density at radius 3 is 2.59 bits per heavy atom. The van der Waals surface area contributed by atoms with Crippen molar-refractivity contribution in [3.8, 4) is 0 Å². The molecule has 1 aliphatic heterocycles. The van der Waals surface area contributed by atoms with Crippen molar-refractivity contribution >= 4 is 21.7 Å². The molecule has 0 radical (unpaired) electrons. The molecule has 1 amide bonds. The molecule has 0 aromatic heterocycles. The fourth-order valence-electron chi connectivity index (χ4n) is 1.60. The van der Waals surface area contributed by atoms with Crippen molar-refractivity contribution in [3.63, 3.8) is 0 Å². The van der Waals surface area contributed by atoms with E-state index >= 15 is 0 Å². The van der Waals surface area contributed by atoms with Crippen LogP contribution in [-0.2, 0) is 19.4 Å². The van der Waals surface area contributed by atoms with Crippen LogP contribution >= 0.6 is 0 Å². The van der Waals surface area contributed by atoms with Gasteiger partial charge in [-0.1, -0.05) is 13.0 Å². The fourth-order valence-corrected chi connectivity index (χ4v) is 3.00. The summed E-state index contributed by atoms with van der Waals surface area (Å²) in [6.45, 7) is 1.65. The van der Waals surface area contributed by atoms with E-state index in [9.17, 15) is 18.0 Å². The molecule has 0 aromatic carbocycles. The second kappa shape index (κ2) is 5.31. The highest BCUT2D eigenvalue weighted by molar-refractivity contribution is 7.94. The molecule has 0 fully saturated rings. The molecule has 0 aromatic rings. The molecule has 0 spiro atoms. The van der Waals surface area contributed by atoms with Crippen molar-refractivity contribution in [2.45, 2.75) is 25.8 Å². The summed E-state index contributed by atoms with van der Waals surface area (Å²) in [5.41, 5.74) is 0. The first-order valence-electron chi connectivity index (χ1n) is 5.27. The first-order valence-corrected chi connectivity index (χ1v) is 6.98. The van der Waals surface area contributed by atoms with Crippen molar-refractivity contribution in [3.05, 3.63) is 11.5 Å². The lowest BCUT2D eigenvalue weighted by Crippen LogP contribution is -2.40. The van der Waals surface area contributed by atoms with Crippen LogP contribution in [0.5, 0.6) is 0 Å². The van der Waals surface area contributed by atoms with E-state index < -0.39 is 27.8 Å². The van der Waals surface area contributed by atoms with Crippen molar-refractivity contribution in [2.24, 2.45) is 5.92 Å². The number of aliphatic carboxylic acids is 1. The zero-order valence-electron chi connectivity index (χ0n) is 9.42. The van der Waals surface area contributed by atoms with Crippen LogP contribution in [0.3, 0.4) is 0 Å². The van der Waals surface area contributed by atoms with Crippen molar-refractivity contribution in [1.82, 2.24) is 5.32 Å². The molecule has 1 heterocycles. The predicted molar refractivity (Wildman–Crippen MR) is 60.9 cm³/mol. The van der Waals surface area contributed by atoms with Crippen LogP contribution in [0.1, 0.15) is 19.8 Å². The minimum atomic E-state index is -3.17. The highest BCUT2D eigenvalue weighted by Gasteiger charge is 2.25. The predicted octanol–water partition coefficient (Wildman–Crippen LogP) is -0.0858. The minimum Gasteiger partial charge on any atom is -0.480 e. The Kier molecular flexibility index (Phi) is 4.28. The van der Waals surface area contributed by atoms with Gasteiger partial charge < -0.3 is 10.4 Å². The molecule has 0 saturated heterocycles. The quantitative estimate of drug-likeness (QED) is 0.720. The van der Waals surface area contributed by atoms with Crippen LogP contribution in [0.15, 0.2) is 11.5 Å². The summed E-state index contributed by atoms with van der Waals surface area (Å²) in [6.07, 6.45) is 1.76. The van der Waals surface area contributed by atoms with Gasteiger partial charge in [0.05, 0.1) is 5.75 Å². The Labute approximate surface area is 99.6 Å². The van der Waals surface area contributed by atoms with Gasteiger partial charge in [-0.25, -0.2) is 13.2 Å². The Balaban J connectivity index is 2.46. The van der Waals surface area contributed by atoms with Crippen molar-refractivity contribution in [2.75, 3.05) is 5.75 Å². The number of amides is 1. The number of nitrogens with one attached hydrogen (secondary N) is 1. The third-order valence-electron chi connectivity index (χ3n) is 2.49. The van der Waals surface area contributed by atoms with Gasteiger partial charge in [0.2, 0.25) is 5.91 Å². The number of carboxylic acid groups (broad SMARTS) is 1. The average molecular weight is 261 g/mol. The fraction of sp³-hybridized carbons (Fsp3) is 0.600. The summed E-state index contributed by atoms with van der Waals surface area (Å²) in [7, 11) is -3.17. The third kappa shape index (κ3) is 4.18. The van der Waals surface area contributed by atoms with E-state index in [1.54, 1.807) is 6.92 Å². The molecular formula is C10H15NO5S. The third-order valence-corrected chi connectivity index (χ3v) is 3.96. The van der Waals surface area contributed by atoms with E-state index in [1.807, 2.05) is 0 Å². The van der Waals surface area contributed by atoms with Gasteiger partial charge in [0, 0.05) is 17.7 Å². The van der Waals surface area contributed by atoms with Gasteiger partial charge in [0.15, 0.2) is 9.84 Å². The van der Waals surface area contributed by atoms with Crippen LogP contribution < -0.4 is 5.32 Å². The lowest BCUT2D eigenvalue weighted by atomic mass is 10.1. The molecule has 2 unspecified atom stereocenters. The number of hydrogen-bond acceptors (Lipinski definition) is 4. The van der Waals surface area contributed by atoms with Crippen LogP contribution in [0.4, 0.5) is 0 Å². The first-order chi connectivity index (χ1) is 7.84. The van der Waals surface area contributed by atoms with Crippen LogP contribution in [-0.4, -0.2) is 37.2 Å². The molecule has 0 aliphatic carbocycles. The summed E-state index contributed by atoms with van der Waals surface area (Å²) in [5.74, 6) is -1.96. The van der Waals surface area contributed by atoms with Gasteiger partial charge in [-0.2, -0.15) is 0 Å². The molecule has 17 heavy (non-hydrogen) atoms. The number of carbonyl (C=O) groups is 2. The van der Waals surface area contributed by atoms with Gasteiger partial charge in [0.1, 0.15) is 6.04 Å². The largest absolute Gasteiger partial charge is 0.480 e. The molecule has 6 nitrogen and oxygen atoms in total. The standard InChI is InChI=1S/C10H15NO5S/c1-2-8(10(13)14)11-9(12)5-7-3-4-17(15,16)6-7/h3-4,7-8H,2,5-6H2,1H3,(H,11,12)(H,13,14). The highest BCUT2D eigenvalue weighted by Crippen LogP contribution is 2.18. The number of hydrogen-bond donors (Lipinski definition) is 2. The van der Waals surface area contributed by atoms with E-state index in [4.69, 9.17) is 5.11 Å². The molecule has 2 N–H and O–H groups in total. The maximum Gasteiger partial charge on any atom is 0.326 e. The maximum absolute atomic E-state index is 11.5. The summed E-state index contributed by atoms with van der Waals surface area (Å²) >= 11 is 0. The van der Waals surface area contributed by atoms with Gasteiger partial charge in [-0.3, -0.25) is 4.79 Å². The number of carbonyl (C=O) groups excluding carboxylic acids is 1. The van der Waals surface area contributed by atoms with E-state index in [2.05, 4.69) is 5.32 Å². The first kappa shape index (κ1) is 13.7. The van der Waals surface area contributed by atoms with Crippen LogP contribution in [0, 0.1) is 5.92 Å². The topological polar surface area (TPSA) is 101 Å². The Morgan fingerprint density at radius 2 is 2.18 bits per heavy atom. The summed E-state index contributed by atoms with van der Waals surface area (Å²) in [5, 5.41) is 12.2. The van der Waals surface area contributed by atoms with E-state index in [0.717, 1.165) is 5.41 Å². The Morgan fingerprint density at radius 1 is 1.53 bits per heavy atom. The van der Waals surface area contributed by atoms with Gasteiger partial charge in [-0.15, -0.1) is 0 Å². The summed E-state index contributed by atoms with van der Waals surface area (Å²) in [4.78, 5) is 22.2. The number of rotatable bonds is 5. The molecule has 1 rings (SSSR count). The molecule has 1 aliphatic rings. The average Bonchev–Trinajstić information content (AvgIpc) is 2.54. The lowest BCUT2D eigenvalue weighted by molar-refractivity contribution is -0.142. The Hall–Kier alpha value is -1.37. The molecule has 0 bridgehead atoms. The van der Waals surface area contributed by atoms with E-state index in [-0.39, 0.29) is 18.1 Å². The van der Waals surface area contributed by atoms with Gasteiger partial charge in [0.25, 0.3) is 0 Å². The SMILES string of the molecule is CCC(NC(=O)CC1C=CS(=O)(=O)C1)C(=O)O. The number of carboxylic acids is 1. The van der Waals surface area contributed by atoms with Crippen molar-refractivity contribution in [1.29, 1.82) is 0 Å². The molecular weight excluding hydrogens is 246 g/mol. The highest BCUT2D eigenvalue weighted by atomic mass is 32.2. The smallest absolute Gasteiger partial charge is 0.326 e. The zero-order chi connectivity index (χ0) is 13.1. The number of sulfone groups is 1. The molecule has 0 saturated carbocycles. The maximum atomic E-state index is 11.5.